The first-order valence-electron chi connectivity index (χ1n) is 6.99. The van der Waals surface area contributed by atoms with Crippen molar-refractivity contribution in [2.24, 2.45) is 0 Å². The van der Waals surface area contributed by atoms with Crippen LogP contribution < -0.4 is 9.46 Å². The number of ether oxygens (including phenoxy) is 1. The molecule has 6 heteroatoms. The second-order valence-electron chi connectivity index (χ2n) is 4.66. The molecule has 0 aromatic heterocycles. The summed E-state index contributed by atoms with van der Waals surface area (Å²) >= 11 is 5.92. The first kappa shape index (κ1) is 16.8. The van der Waals surface area contributed by atoms with Crippen LogP contribution in [0.1, 0.15) is 12.5 Å². The molecular formula is C16H18ClNO3S. The number of halogens is 1. The Balaban J connectivity index is 1.94. The van der Waals surface area contributed by atoms with Crippen LogP contribution in [0.5, 0.6) is 5.75 Å². The fraction of sp³-hybridized carbons (Fsp3) is 0.250. The van der Waals surface area contributed by atoms with Crippen molar-refractivity contribution < 1.29 is 13.2 Å². The smallest absolute Gasteiger partial charge is 0.242 e. The highest BCUT2D eigenvalue weighted by Crippen LogP contribution is 2.20. The molecule has 0 atom stereocenters. The summed E-state index contributed by atoms with van der Waals surface area (Å²) in [6.07, 6.45) is 0.593. The molecule has 4 nitrogen and oxygen atoms in total. The molecule has 0 aliphatic rings. The molecule has 0 unspecified atom stereocenters. The molecule has 2 rings (SSSR count). The fourth-order valence-electron chi connectivity index (χ4n) is 1.99. The minimum atomic E-state index is -3.58. The molecule has 0 spiro atoms. The molecule has 0 fully saturated rings. The number of rotatable bonds is 7. The highest BCUT2D eigenvalue weighted by Gasteiger charge is 2.16. The van der Waals surface area contributed by atoms with Crippen molar-refractivity contribution in [2.75, 3.05) is 13.2 Å². The highest BCUT2D eigenvalue weighted by atomic mass is 35.5. The molecule has 118 valence electrons. The van der Waals surface area contributed by atoms with Gasteiger partial charge in [0, 0.05) is 6.54 Å². The van der Waals surface area contributed by atoms with Crippen molar-refractivity contribution in [3.05, 3.63) is 59.1 Å². The molecule has 0 aliphatic heterocycles. The van der Waals surface area contributed by atoms with Crippen LogP contribution in [0.4, 0.5) is 0 Å². The van der Waals surface area contributed by atoms with E-state index >= 15 is 0 Å². The van der Waals surface area contributed by atoms with Gasteiger partial charge in [0.05, 0.1) is 11.6 Å². The zero-order valence-corrected chi connectivity index (χ0v) is 13.8. The van der Waals surface area contributed by atoms with E-state index in [4.69, 9.17) is 16.3 Å². The van der Waals surface area contributed by atoms with Gasteiger partial charge in [0.2, 0.25) is 10.0 Å². The molecule has 0 saturated heterocycles. The standard InChI is InChI=1S/C16H18ClNO3S/c1-2-21-14-9-7-13(8-10-14)11-12-18-22(19,20)16-6-4-3-5-15(16)17/h3-10,18H,2,11-12H2,1H3. The lowest BCUT2D eigenvalue weighted by Crippen LogP contribution is -2.26. The van der Waals surface area contributed by atoms with Gasteiger partial charge in [-0.05, 0) is 43.2 Å². The van der Waals surface area contributed by atoms with E-state index in [0.717, 1.165) is 11.3 Å². The van der Waals surface area contributed by atoms with Crippen molar-refractivity contribution in [1.29, 1.82) is 0 Å². The topological polar surface area (TPSA) is 55.4 Å². The Kier molecular flexibility index (Phi) is 5.83. The summed E-state index contributed by atoms with van der Waals surface area (Å²) in [5.41, 5.74) is 1.03. The maximum Gasteiger partial charge on any atom is 0.242 e. The van der Waals surface area contributed by atoms with E-state index in [1.54, 1.807) is 18.2 Å². The van der Waals surface area contributed by atoms with Gasteiger partial charge in [-0.3, -0.25) is 0 Å². The van der Waals surface area contributed by atoms with E-state index in [0.29, 0.717) is 19.6 Å². The van der Waals surface area contributed by atoms with Crippen molar-refractivity contribution >= 4 is 21.6 Å². The molecule has 2 aromatic carbocycles. The van der Waals surface area contributed by atoms with E-state index in [2.05, 4.69) is 4.72 Å². The summed E-state index contributed by atoms with van der Waals surface area (Å²) in [7, 11) is -3.58. The second kappa shape index (κ2) is 7.63. The van der Waals surface area contributed by atoms with Gasteiger partial charge in [0.15, 0.2) is 0 Å². The molecule has 0 saturated carbocycles. The lowest BCUT2D eigenvalue weighted by Gasteiger charge is -2.09. The molecular weight excluding hydrogens is 322 g/mol. The summed E-state index contributed by atoms with van der Waals surface area (Å²) < 4.78 is 32.3. The molecule has 0 heterocycles. The average molecular weight is 340 g/mol. The summed E-state index contributed by atoms with van der Waals surface area (Å²) in [4.78, 5) is 0.100. The van der Waals surface area contributed by atoms with Gasteiger partial charge in [-0.2, -0.15) is 0 Å². The number of nitrogens with one attached hydrogen (secondary N) is 1. The fourth-order valence-corrected chi connectivity index (χ4v) is 3.54. The number of hydrogen-bond donors (Lipinski definition) is 1. The number of sulfonamides is 1. The maximum absolute atomic E-state index is 12.2. The van der Waals surface area contributed by atoms with Crippen LogP contribution in [0.2, 0.25) is 5.02 Å². The quantitative estimate of drug-likeness (QED) is 0.842. The molecule has 2 aromatic rings. The van der Waals surface area contributed by atoms with Crippen LogP contribution >= 0.6 is 11.6 Å². The Morgan fingerprint density at radius 2 is 1.77 bits per heavy atom. The van der Waals surface area contributed by atoms with Crippen LogP contribution in [0, 0.1) is 0 Å². The van der Waals surface area contributed by atoms with E-state index in [1.165, 1.54) is 6.07 Å². The Hall–Kier alpha value is -1.56. The summed E-state index contributed by atoms with van der Waals surface area (Å²) in [6, 6.07) is 14.0. The third-order valence-corrected chi connectivity index (χ3v) is 5.03. The van der Waals surface area contributed by atoms with Crippen LogP contribution in [0.25, 0.3) is 0 Å². The van der Waals surface area contributed by atoms with Crippen LogP contribution in [0.3, 0.4) is 0 Å². The number of benzene rings is 2. The van der Waals surface area contributed by atoms with Crippen molar-refractivity contribution in [1.82, 2.24) is 4.72 Å². The first-order chi connectivity index (χ1) is 10.5. The summed E-state index contributed by atoms with van der Waals surface area (Å²) in [5.74, 6) is 0.808. The highest BCUT2D eigenvalue weighted by molar-refractivity contribution is 7.89. The Morgan fingerprint density at radius 3 is 2.41 bits per heavy atom. The number of hydrogen-bond acceptors (Lipinski definition) is 3. The SMILES string of the molecule is CCOc1ccc(CCNS(=O)(=O)c2ccccc2Cl)cc1. The second-order valence-corrected chi connectivity index (χ2v) is 6.80. The molecule has 22 heavy (non-hydrogen) atoms. The monoisotopic (exact) mass is 339 g/mol. The van der Waals surface area contributed by atoms with Crippen molar-refractivity contribution in [3.8, 4) is 5.75 Å². The van der Waals surface area contributed by atoms with E-state index in [-0.39, 0.29) is 9.92 Å². The lowest BCUT2D eigenvalue weighted by molar-refractivity contribution is 0.340. The van der Waals surface area contributed by atoms with Crippen LogP contribution in [0.15, 0.2) is 53.4 Å². The van der Waals surface area contributed by atoms with E-state index < -0.39 is 10.0 Å². The largest absolute Gasteiger partial charge is 0.494 e. The normalized spacial score (nSPS) is 11.4. The van der Waals surface area contributed by atoms with Gasteiger partial charge < -0.3 is 4.74 Å². The van der Waals surface area contributed by atoms with Crippen LogP contribution in [-0.4, -0.2) is 21.6 Å². The minimum absolute atomic E-state index is 0.100. The van der Waals surface area contributed by atoms with E-state index in [1.807, 2.05) is 31.2 Å². The molecule has 0 aliphatic carbocycles. The lowest BCUT2D eigenvalue weighted by atomic mass is 10.1. The van der Waals surface area contributed by atoms with Crippen molar-refractivity contribution in [2.45, 2.75) is 18.2 Å². The third-order valence-electron chi connectivity index (χ3n) is 3.07. The Labute approximate surface area is 136 Å². The third kappa shape index (κ3) is 4.47. The van der Waals surface area contributed by atoms with Gasteiger partial charge in [0.1, 0.15) is 10.6 Å². The molecule has 0 radical (unpaired) electrons. The van der Waals surface area contributed by atoms with Crippen molar-refractivity contribution in [3.63, 3.8) is 0 Å². The first-order valence-corrected chi connectivity index (χ1v) is 8.85. The van der Waals surface area contributed by atoms with Gasteiger partial charge in [-0.15, -0.1) is 0 Å². The Bertz CT molecular complexity index is 714. The van der Waals surface area contributed by atoms with E-state index in [9.17, 15) is 8.42 Å². The predicted molar refractivity (Wildman–Crippen MR) is 88.0 cm³/mol. The van der Waals surface area contributed by atoms with Gasteiger partial charge in [-0.1, -0.05) is 35.9 Å². The summed E-state index contributed by atoms with van der Waals surface area (Å²) in [6.45, 7) is 2.86. The Morgan fingerprint density at radius 1 is 1.09 bits per heavy atom. The molecule has 1 N–H and O–H groups in total. The van der Waals surface area contributed by atoms with Gasteiger partial charge >= 0.3 is 0 Å². The minimum Gasteiger partial charge on any atom is -0.494 e. The zero-order chi connectivity index (χ0) is 16.0. The summed E-state index contributed by atoms with van der Waals surface area (Å²) in [5, 5.41) is 0.219. The molecule has 0 bridgehead atoms. The van der Waals surface area contributed by atoms with Gasteiger partial charge in [0.25, 0.3) is 0 Å². The maximum atomic E-state index is 12.2. The van der Waals surface area contributed by atoms with Gasteiger partial charge in [-0.25, -0.2) is 13.1 Å². The van der Waals surface area contributed by atoms with Crippen LogP contribution in [-0.2, 0) is 16.4 Å². The predicted octanol–water partition coefficient (Wildman–Crippen LogP) is 3.26. The zero-order valence-electron chi connectivity index (χ0n) is 12.3. The average Bonchev–Trinajstić information content (AvgIpc) is 2.49. The molecule has 0 amide bonds.